The number of para-hydroxylation sites is 1. The predicted molar refractivity (Wildman–Crippen MR) is 113 cm³/mol. The fraction of sp³-hybridized carbons (Fsp3) is 0.0909. The van der Waals surface area contributed by atoms with E-state index in [9.17, 15) is 14.9 Å². The van der Waals surface area contributed by atoms with Gasteiger partial charge in [0.15, 0.2) is 0 Å². The van der Waals surface area contributed by atoms with Crippen molar-refractivity contribution < 1.29 is 14.1 Å². The lowest BCUT2D eigenvalue weighted by atomic mass is 10.1. The van der Waals surface area contributed by atoms with Crippen molar-refractivity contribution >= 4 is 28.7 Å². The monoisotopic (exact) mass is 402 g/mol. The van der Waals surface area contributed by atoms with E-state index in [-0.39, 0.29) is 11.6 Å². The van der Waals surface area contributed by atoms with Crippen LogP contribution < -0.4 is 5.43 Å². The molecule has 2 N–H and O–H groups in total. The number of H-pyrrole nitrogens is 1. The maximum Gasteiger partial charge on any atom is 0.269 e. The number of amides is 1. The van der Waals surface area contributed by atoms with Crippen molar-refractivity contribution in [2.75, 3.05) is 0 Å². The van der Waals surface area contributed by atoms with Gasteiger partial charge in [-0.2, -0.15) is 5.10 Å². The Bertz CT molecular complexity index is 1220. The molecule has 0 aliphatic heterocycles. The number of aromatic nitrogens is 1. The van der Waals surface area contributed by atoms with Crippen LogP contribution in [-0.2, 0) is 11.2 Å². The molecule has 2 aromatic heterocycles. The van der Waals surface area contributed by atoms with Crippen LogP contribution in [0.4, 0.5) is 5.69 Å². The quantitative estimate of drug-likeness (QED) is 0.271. The third-order valence-corrected chi connectivity index (χ3v) is 4.67. The lowest BCUT2D eigenvalue weighted by molar-refractivity contribution is -0.384. The van der Waals surface area contributed by atoms with Crippen LogP contribution in [-0.4, -0.2) is 22.0 Å². The molecule has 30 heavy (non-hydrogen) atoms. The first-order chi connectivity index (χ1) is 14.6. The Labute approximate surface area is 171 Å². The number of carbonyl (C=O) groups excluding carboxylic acids is 1. The summed E-state index contributed by atoms with van der Waals surface area (Å²) in [5.41, 5.74) is 5.36. The highest BCUT2D eigenvalue weighted by molar-refractivity contribution is 5.84. The highest BCUT2D eigenvalue weighted by Crippen LogP contribution is 2.24. The average molecular weight is 402 g/mol. The van der Waals surface area contributed by atoms with Crippen molar-refractivity contribution in [1.29, 1.82) is 0 Å². The third kappa shape index (κ3) is 4.27. The maximum atomic E-state index is 12.1. The number of carbonyl (C=O) groups is 1. The summed E-state index contributed by atoms with van der Waals surface area (Å²) in [6.07, 6.45) is 4.25. The number of fused-ring (bicyclic) bond motifs is 1. The minimum absolute atomic E-state index is 0.0161. The molecular weight excluding hydrogens is 384 g/mol. The Morgan fingerprint density at radius 1 is 1.13 bits per heavy atom. The van der Waals surface area contributed by atoms with E-state index in [1.54, 1.807) is 24.3 Å². The molecule has 0 aliphatic rings. The first kappa shape index (κ1) is 19.1. The zero-order valence-electron chi connectivity index (χ0n) is 15.9. The Balaban J connectivity index is 1.31. The molecule has 4 rings (SSSR count). The average Bonchev–Trinajstić information content (AvgIpc) is 3.39. The Morgan fingerprint density at radius 3 is 2.73 bits per heavy atom. The Morgan fingerprint density at radius 2 is 1.93 bits per heavy atom. The van der Waals surface area contributed by atoms with E-state index in [2.05, 4.69) is 15.5 Å². The van der Waals surface area contributed by atoms with Gasteiger partial charge >= 0.3 is 0 Å². The van der Waals surface area contributed by atoms with Gasteiger partial charge in [0, 0.05) is 41.2 Å². The number of aromatic amines is 1. The summed E-state index contributed by atoms with van der Waals surface area (Å²) in [6, 6.07) is 17.5. The number of hydrogen-bond donors (Lipinski definition) is 2. The van der Waals surface area contributed by atoms with E-state index in [4.69, 9.17) is 4.42 Å². The topological polar surface area (TPSA) is 114 Å². The van der Waals surface area contributed by atoms with Gasteiger partial charge in [-0.05, 0) is 42.3 Å². The second-order valence-corrected chi connectivity index (χ2v) is 6.66. The second kappa shape index (κ2) is 8.44. The van der Waals surface area contributed by atoms with Crippen LogP contribution in [0.3, 0.4) is 0 Å². The van der Waals surface area contributed by atoms with Gasteiger partial charge in [0.25, 0.3) is 5.69 Å². The van der Waals surface area contributed by atoms with Crippen molar-refractivity contribution in [3.63, 3.8) is 0 Å². The van der Waals surface area contributed by atoms with Crippen molar-refractivity contribution in [3.05, 3.63) is 88.3 Å². The van der Waals surface area contributed by atoms with E-state index in [0.29, 0.717) is 29.9 Å². The number of nitrogens with zero attached hydrogens (tertiary/aromatic N) is 2. The molecule has 2 aromatic carbocycles. The molecule has 4 aromatic rings. The minimum atomic E-state index is -0.453. The molecule has 0 spiro atoms. The smallest absolute Gasteiger partial charge is 0.269 e. The molecule has 0 fully saturated rings. The first-order valence-corrected chi connectivity index (χ1v) is 9.32. The van der Waals surface area contributed by atoms with Gasteiger partial charge in [0.05, 0.1) is 11.1 Å². The molecule has 1 amide bonds. The van der Waals surface area contributed by atoms with Gasteiger partial charge in [-0.25, -0.2) is 5.43 Å². The van der Waals surface area contributed by atoms with E-state index < -0.39 is 4.92 Å². The molecule has 8 heteroatoms. The number of furan rings is 1. The second-order valence-electron chi connectivity index (χ2n) is 6.66. The molecule has 2 heterocycles. The number of rotatable bonds is 7. The zero-order chi connectivity index (χ0) is 20.9. The lowest BCUT2D eigenvalue weighted by Crippen LogP contribution is -2.17. The van der Waals surface area contributed by atoms with Gasteiger partial charge in [0.2, 0.25) is 5.91 Å². The van der Waals surface area contributed by atoms with E-state index in [1.165, 1.54) is 18.3 Å². The highest BCUT2D eigenvalue weighted by atomic mass is 16.6. The van der Waals surface area contributed by atoms with Crippen molar-refractivity contribution in [2.45, 2.75) is 12.8 Å². The van der Waals surface area contributed by atoms with Crippen LogP contribution in [0.2, 0.25) is 0 Å². The van der Waals surface area contributed by atoms with Crippen LogP contribution in [0.5, 0.6) is 0 Å². The number of hydrogen-bond acceptors (Lipinski definition) is 5. The van der Waals surface area contributed by atoms with Crippen molar-refractivity contribution in [1.82, 2.24) is 10.4 Å². The third-order valence-electron chi connectivity index (χ3n) is 4.67. The molecule has 0 atom stereocenters. The van der Waals surface area contributed by atoms with Crippen molar-refractivity contribution in [2.24, 2.45) is 5.10 Å². The molecule has 0 saturated heterocycles. The fourth-order valence-corrected chi connectivity index (χ4v) is 3.14. The Kier molecular flexibility index (Phi) is 5.38. The number of nitro benzene ring substituents is 1. The molecule has 8 nitrogen and oxygen atoms in total. The largest absolute Gasteiger partial charge is 0.455 e. The van der Waals surface area contributed by atoms with Crippen molar-refractivity contribution in [3.8, 4) is 11.3 Å². The maximum absolute atomic E-state index is 12.1. The normalized spacial score (nSPS) is 11.2. The van der Waals surface area contributed by atoms with Crippen LogP contribution in [0.15, 0.2) is 76.4 Å². The van der Waals surface area contributed by atoms with Gasteiger partial charge in [-0.3, -0.25) is 14.9 Å². The lowest BCUT2D eigenvalue weighted by Gasteiger charge is -1.99. The van der Waals surface area contributed by atoms with Crippen LogP contribution in [0.25, 0.3) is 22.2 Å². The number of non-ortho nitro benzene ring substituents is 1. The summed E-state index contributed by atoms with van der Waals surface area (Å²) in [7, 11) is 0. The number of aryl methyl sites for hydroxylation is 1. The SMILES string of the molecule is O=C(CCc1c[nH]c2ccccc12)N/N=C\c1ccc(-c2ccc([N+](=O)[O-])cc2)o1. The predicted octanol–water partition coefficient (Wildman–Crippen LogP) is 4.42. The van der Waals surface area contributed by atoms with Crippen LogP contribution in [0.1, 0.15) is 17.7 Å². The molecule has 0 saturated carbocycles. The number of nitro groups is 1. The molecular formula is C22H18N4O4. The first-order valence-electron chi connectivity index (χ1n) is 9.32. The minimum Gasteiger partial charge on any atom is -0.455 e. The molecule has 150 valence electrons. The summed E-state index contributed by atoms with van der Waals surface area (Å²) in [5.74, 6) is 0.816. The highest BCUT2D eigenvalue weighted by Gasteiger charge is 2.09. The Hall–Kier alpha value is -4.20. The molecule has 0 aliphatic carbocycles. The fourth-order valence-electron chi connectivity index (χ4n) is 3.14. The summed E-state index contributed by atoms with van der Waals surface area (Å²) in [4.78, 5) is 25.5. The van der Waals surface area contributed by atoms with Gasteiger partial charge in [0.1, 0.15) is 11.5 Å². The standard InChI is InChI=1S/C22H18N4O4/c27-22(12-7-16-13-23-20-4-2-1-3-19(16)20)25-24-14-18-10-11-21(30-18)15-5-8-17(9-6-15)26(28)29/h1-6,8-11,13-14,23H,7,12H2,(H,25,27)/b24-14-. The number of nitrogens with one attached hydrogen (secondary N) is 2. The molecule has 0 unspecified atom stereocenters. The van der Waals surface area contributed by atoms with E-state index in [1.807, 2.05) is 30.5 Å². The van der Waals surface area contributed by atoms with E-state index >= 15 is 0 Å². The summed E-state index contributed by atoms with van der Waals surface area (Å²) < 4.78 is 5.64. The molecule has 0 radical (unpaired) electrons. The zero-order valence-corrected chi connectivity index (χ0v) is 15.9. The van der Waals surface area contributed by atoms with E-state index in [0.717, 1.165) is 16.5 Å². The number of benzene rings is 2. The molecule has 0 bridgehead atoms. The van der Waals surface area contributed by atoms with Gasteiger partial charge < -0.3 is 9.40 Å². The van der Waals surface area contributed by atoms with Gasteiger partial charge in [-0.1, -0.05) is 18.2 Å². The van der Waals surface area contributed by atoms with Crippen LogP contribution >= 0.6 is 0 Å². The van der Waals surface area contributed by atoms with Crippen LogP contribution in [0, 0.1) is 10.1 Å². The summed E-state index contributed by atoms with van der Waals surface area (Å²) in [5, 5.41) is 15.8. The summed E-state index contributed by atoms with van der Waals surface area (Å²) >= 11 is 0. The number of hydrazone groups is 1. The van der Waals surface area contributed by atoms with Gasteiger partial charge in [-0.15, -0.1) is 0 Å². The summed E-state index contributed by atoms with van der Waals surface area (Å²) in [6.45, 7) is 0.